The first kappa shape index (κ1) is 19.9. The minimum atomic E-state index is -1.11. The minimum Gasteiger partial charge on any atom is -0.484 e. The van der Waals surface area contributed by atoms with Gasteiger partial charge < -0.3 is 20.5 Å². The minimum absolute atomic E-state index is 0.0631. The van der Waals surface area contributed by atoms with Crippen LogP contribution in [-0.2, 0) is 12.8 Å². The average Bonchev–Trinajstić information content (AvgIpc) is 3.04. The number of benzene rings is 2. The number of urea groups is 1. The van der Waals surface area contributed by atoms with E-state index < -0.39 is 36.3 Å². The Labute approximate surface area is 172 Å². The van der Waals surface area contributed by atoms with Crippen molar-refractivity contribution in [3.63, 3.8) is 0 Å². The molecule has 1 aliphatic carbocycles. The fourth-order valence-corrected chi connectivity index (χ4v) is 4.20. The van der Waals surface area contributed by atoms with Crippen molar-refractivity contribution in [3.8, 4) is 5.75 Å². The average molecular weight is 423 g/mol. The smallest absolute Gasteiger partial charge is 0.319 e. The summed E-state index contributed by atoms with van der Waals surface area (Å²) in [5.41, 5.74) is 1.03. The van der Waals surface area contributed by atoms with E-state index >= 15 is 0 Å². The molecule has 0 saturated carbocycles. The molecule has 0 saturated heterocycles. The predicted molar refractivity (Wildman–Crippen MR) is 106 cm³/mol. The monoisotopic (exact) mass is 422 g/mol. The number of rotatable bonds is 3. The van der Waals surface area contributed by atoms with Gasteiger partial charge in [-0.15, -0.1) is 0 Å². The topological polar surface area (TPSA) is 70.6 Å². The lowest BCUT2D eigenvalue weighted by Crippen LogP contribution is -2.45. The third-order valence-corrected chi connectivity index (χ3v) is 5.66. The normalized spacial score (nSPS) is 25.0. The maximum atomic E-state index is 14.4. The third kappa shape index (κ3) is 3.89. The van der Waals surface area contributed by atoms with Gasteiger partial charge in [-0.1, -0.05) is 23.7 Å². The Morgan fingerprint density at radius 2 is 2.14 bits per heavy atom. The van der Waals surface area contributed by atoms with Crippen molar-refractivity contribution >= 4 is 23.3 Å². The Balaban J connectivity index is 1.57. The van der Waals surface area contributed by atoms with Gasteiger partial charge in [0.2, 0.25) is 0 Å². The molecule has 2 aromatic rings. The van der Waals surface area contributed by atoms with Gasteiger partial charge in [0.25, 0.3) is 0 Å². The molecule has 5 nitrogen and oxygen atoms in total. The third-order valence-electron chi connectivity index (χ3n) is 5.42. The van der Waals surface area contributed by atoms with Gasteiger partial charge in [-0.2, -0.15) is 0 Å². The summed E-state index contributed by atoms with van der Waals surface area (Å²) in [5, 5.41) is 15.7. The number of hydrogen-bond donors (Lipinski definition) is 3. The van der Waals surface area contributed by atoms with E-state index in [0.29, 0.717) is 28.3 Å². The van der Waals surface area contributed by atoms with Crippen LogP contribution in [0.5, 0.6) is 5.75 Å². The van der Waals surface area contributed by atoms with Crippen LogP contribution >= 0.6 is 11.6 Å². The first-order valence-electron chi connectivity index (χ1n) is 9.38. The maximum absolute atomic E-state index is 14.4. The highest BCUT2D eigenvalue weighted by molar-refractivity contribution is 6.30. The number of hydrogen-bond acceptors (Lipinski definition) is 3. The predicted octanol–water partition coefficient (Wildman–Crippen LogP) is 4.31. The van der Waals surface area contributed by atoms with Gasteiger partial charge in [-0.25, -0.2) is 13.6 Å². The van der Waals surface area contributed by atoms with Gasteiger partial charge in [0.05, 0.1) is 17.8 Å². The number of nitrogens with one attached hydrogen (secondary N) is 2. The first-order chi connectivity index (χ1) is 13.8. The number of carbonyl (C=O) groups excluding carboxylic acids is 1. The molecule has 2 amide bonds. The Kier molecular flexibility index (Phi) is 5.12. The summed E-state index contributed by atoms with van der Waals surface area (Å²) in [7, 11) is 0. The van der Waals surface area contributed by atoms with Crippen LogP contribution in [0.2, 0.25) is 5.02 Å². The van der Waals surface area contributed by atoms with E-state index in [-0.39, 0.29) is 18.5 Å². The number of anilines is 1. The quantitative estimate of drug-likeness (QED) is 0.690. The Hall–Kier alpha value is -2.38. The van der Waals surface area contributed by atoms with Crippen LogP contribution in [-0.4, -0.2) is 29.5 Å². The Morgan fingerprint density at radius 3 is 2.90 bits per heavy atom. The number of amides is 2. The molecule has 0 aromatic heterocycles. The lowest BCUT2D eigenvalue weighted by Gasteiger charge is -2.38. The van der Waals surface area contributed by atoms with Crippen LogP contribution in [0.1, 0.15) is 36.1 Å². The summed E-state index contributed by atoms with van der Waals surface area (Å²) >= 11 is 6.02. The van der Waals surface area contributed by atoms with Gasteiger partial charge in [0, 0.05) is 23.4 Å². The van der Waals surface area contributed by atoms with Gasteiger partial charge in [-0.05, 0) is 42.7 Å². The van der Waals surface area contributed by atoms with Crippen molar-refractivity contribution in [3.05, 3.63) is 57.9 Å². The van der Waals surface area contributed by atoms with Crippen LogP contribution in [0.25, 0.3) is 0 Å². The van der Waals surface area contributed by atoms with Gasteiger partial charge in [-0.3, -0.25) is 0 Å². The molecule has 0 fully saturated rings. The van der Waals surface area contributed by atoms with Crippen molar-refractivity contribution in [1.29, 1.82) is 0 Å². The molecule has 154 valence electrons. The van der Waals surface area contributed by atoms with E-state index in [0.717, 1.165) is 5.56 Å². The SMILES string of the molecule is C[C@]1(CF)C[C@@H](NC(=O)Nc2c(F)ccc3c2C[C@@H](O)C3)c2ccc(Cl)cc2O1. The van der Waals surface area contributed by atoms with E-state index in [1.807, 2.05) is 0 Å². The molecule has 8 heteroatoms. The second kappa shape index (κ2) is 7.46. The molecule has 1 aliphatic heterocycles. The highest BCUT2D eigenvalue weighted by atomic mass is 35.5. The largest absolute Gasteiger partial charge is 0.484 e. The molecular formula is C21H21ClF2N2O3. The highest BCUT2D eigenvalue weighted by Gasteiger charge is 2.38. The highest BCUT2D eigenvalue weighted by Crippen LogP contribution is 2.41. The van der Waals surface area contributed by atoms with E-state index in [1.165, 1.54) is 6.07 Å². The summed E-state index contributed by atoms with van der Waals surface area (Å²) in [6.45, 7) is 0.881. The molecular weight excluding hydrogens is 402 g/mol. The Bertz CT molecular complexity index is 971. The molecule has 3 atom stereocenters. The van der Waals surface area contributed by atoms with Crippen molar-refractivity contribution in [1.82, 2.24) is 5.32 Å². The number of aliphatic hydroxyl groups is 1. The van der Waals surface area contributed by atoms with Gasteiger partial charge in [0.15, 0.2) is 0 Å². The van der Waals surface area contributed by atoms with Crippen LogP contribution in [0, 0.1) is 5.82 Å². The zero-order valence-electron chi connectivity index (χ0n) is 15.8. The number of carbonyl (C=O) groups is 1. The number of aliphatic hydroxyl groups excluding tert-OH is 1. The molecule has 3 N–H and O–H groups in total. The fourth-order valence-electron chi connectivity index (χ4n) is 4.04. The number of ether oxygens (including phenoxy) is 1. The zero-order chi connectivity index (χ0) is 20.8. The second-order valence-electron chi connectivity index (χ2n) is 7.85. The number of fused-ring (bicyclic) bond motifs is 2. The summed E-state index contributed by atoms with van der Waals surface area (Å²) in [5.74, 6) is -0.162. The molecule has 4 rings (SSSR count). The van der Waals surface area contributed by atoms with Crippen LogP contribution in [0.3, 0.4) is 0 Å². The second-order valence-corrected chi connectivity index (χ2v) is 8.28. The van der Waals surface area contributed by atoms with Crippen molar-refractivity contribution in [2.24, 2.45) is 0 Å². The van der Waals surface area contributed by atoms with Crippen LogP contribution in [0.4, 0.5) is 19.3 Å². The molecule has 2 aromatic carbocycles. The molecule has 0 unspecified atom stereocenters. The summed E-state index contributed by atoms with van der Waals surface area (Å²) in [6, 6.07) is 6.71. The van der Waals surface area contributed by atoms with Gasteiger partial charge >= 0.3 is 6.03 Å². The van der Waals surface area contributed by atoms with Crippen molar-refractivity contribution in [2.45, 2.75) is 43.9 Å². The lowest BCUT2D eigenvalue weighted by molar-refractivity contribution is 0.0263. The molecule has 29 heavy (non-hydrogen) atoms. The standard InChI is InChI=1S/C21H21ClF2N2O3/c1-21(10-23)9-17(14-4-3-12(22)7-18(14)29-21)25-20(28)26-19-15-8-13(27)6-11(15)2-5-16(19)24/h2-5,7,13,17,27H,6,8-10H2,1H3,(H2,25,26,28)/t13-,17+,21+/m0/s1. The zero-order valence-corrected chi connectivity index (χ0v) is 16.5. The summed E-state index contributed by atoms with van der Waals surface area (Å²) in [6.07, 6.45) is 0.322. The summed E-state index contributed by atoms with van der Waals surface area (Å²) < 4.78 is 33.7. The van der Waals surface area contributed by atoms with Crippen LogP contribution in [0.15, 0.2) is 30.3 Å². The molecule has 2 aliphatic rings. The fraction of sp³-hybridized carbons (Fsp3) is 0.381. The molecule has 0 radical (unpaired) electrons. The number of alkyl halides is 1. The molecule has 1 heterocycles. The van der Waals surface area contributed by atoms with Crippen molar-refractivity contribution < 1.29 is 23.4 Å². The molecule has 0 bridgehead atoms. The van der Waals surface area contributed by atoms with E-state index in [1.54, 1.807) is 31.2 Å². The Morgan fingerprint density at radius 1 is 1.34 bits per heavy atom. The van der Waals surface area contributed by atoms with E-state index in [4.69, 9.17) is 16.3 Å². The van der Waals surface area contributed by atoms with E-state index in [2.05, 4.69) is 10.6 Å². The number of halogens is 3. The lowest BCUT2D eigenvalue weighted by atomic mass is 9.89. The maximum Gasteiger partial charge on any atom is 0.319 e. The first-order valence-corrected chi connectivity index (χ1v) is 9.76. The van der Waals surface area contributed by atoms with Crippen molar-refractivity contribution in [2.75, 3.05) is 12.0 Å². The summed E-state index contributed by atoms with van der Waals surface area (Å²) in [4.78, 5) is 12.7. The van der Waals surface area contributed by atoms with Gasteiger partial charge in [0.1, 0.15) is 23.8 Å². The molecule has 0 spiro atoms. The van der Waals surface area contributed by atoms with E-state index in [9.17, 15) is 18.7 Å². The van der Waals surface area contributed by atoms with Crippen LogP contribution < -0.4 is 15.4 Å².